The SMILES string of the molecule is C[C@@]1(CCc2ccccc2)NC(=O)N(CC(=O)Nc2ccccc2Cl)C1=O. The van der Waals surface area contributed by atoms with Gasteiger partial charge in [0.15, 0.2) is 0 Å². The molecule has 1 aliphatic rings. The molecule has 1 saturated heterocycles. The Morgan fingerprint density at radius 3 is 2.48 bits per heavy atom. The van der Waals surface area contributed by atoms with Crippen molar-refractivity contribution >= 4 is 35.1 Å². The third-order valence-corrected chi connectivity index (χ3v) is 4.88. The van der Waals surface area contributed by atoms with Crippen molar-refractivity contribution < 1.29 is 14.4 Å². The van der Waals surface area contributed by atoms with Crippen molar-refractivity contribution in [2.24, 2.45) is 0 Å². The number of urea groups is 1. The summed E-state index contributed by atoms with van der Waals surface area (Å²) in [6, 6.07) is 15.9. The van der Waals surface area contributed by atoms with E-state index in [1.54, 1.807) is 31.2 Å². The van der Waals surface area contributed by atoms with Crippen LogP contribution >= 0.6 is 11.6 Å². The number of nitrogens with one attached hydrogen (secondary N) is 2. The molecule has 2 aromatic rings. The third-order valence-electron chi connectivity index (χ3n) is 4.55. The van der Waals surface area contributed by atoms with Crippen LogP contribution in [0.15, 0.2) is 54.6 Å². The lowest BCUT2D eigenvalue weighted by molar-refractivity contribution is -0.133. The first kappa shape index (κ1) is 18.9. The summed E-state index contributed by atoms with van der Waals surface area (Å²) in [4.78, 5) is 38.2. The number of nitrogens with zero attached hydrogens (tertiary/aromatic N) is 1. The summed E-state index contributed by atoms with van der Waals surface area (Å²) in [5, 5.41) is 5.72. The van der Waals surface area contributed by atoms with Crippen molar-refractivity contribution in [2.75, 3.05) is 11.9 Å². The second kappa shape index (κ2) is 7.80. The maximum Gasteiger partial charge on any atom is 0.325 e. The van der Waals surface area contributed by atoms with Crippen LogP contribution in [0, 0.1) is 0 Å². The van der Waals surface area contributed by atoms with Gasteiger partial charge in [0.2, 0.25) is 5.91 Å². The van der Waals surface area contributed by atoms with Crippen LogP contribution in [0.4, 0.5) is 10.5 Å². The molecule has 1 atom stereocenters. The highest BCUT2D eigenvalue weighted by atomic mass is 35.5. The average molecular weight is 386 g/mol. The van der Waals surface area contributed by atoms with Gasteiger partial charge < -0.3 is 10.6 Å². The van der Waals surface area contributed by atoms with E-state index in [1.165, 1.54) is 0 Å². The predicted molar refractivity (Wildman–Crippen MR) is 103 cm³/mol. The average Bonchev–Trinajstić information content (AvgIpc) is 2.86. The van der Waals surface area contributed by atoms with Crippen molar-refractivity contribution in [3.05, 3.63) is 65.2 Å². The van der Waals surface area contributed by atoms with Crippen molar-refractivity contribution in [3.8, 4) is 0 Å². The molecule has 0 unspecified atom stereocenters. The largest absolute Gasteiger partial charge is 0.325 e. The van der Waals surface area contributed by atoms with Gasteiger partial charge in [0.05, 0.1) is 10.7 Å². The molecule has 0 radical (unpaired) electrons. The Bertz CT molecular complexity index is 872. The minimum Gasteiger partial charge on any atom is -0.323 e. The van der Waals surface area contributed by atoms with E-state index in [-0.39, 0.29) is 6.54 Å². The number of carbonyl (C=O) groups is 3. The summed E-state index contributed by atoms with van der Waals surface area (Å²) in [7, 11) is 0. The molecule has 0 aliphatic carbocycles. The van der Waals surface area contributed by atoms with Gasteiger partial charge in [0, 0.05) is 0 Å². The molecule has 140 valence electrons. The number of amides is 4. The van der Waals surface area contributed by atoms with Gasteiger partial charge in [0.25, 0.3) is 5.91 Å². The molecular weight excluding hydrogens is 366 g/mol. The Labute approximate surface area is 162 Å². The van der Waals surface area contributed by atoms with E-state index in [2.05, 4.69) is 10.6 Å². The molecule has 2 N–H and O–H groups in total. The van der Waals surface area contributed by atoms with Crippen LogP contribution in [0.25, 0.3) is 0 Å². The molecule has 0 aromatic heterocycles. The molecule has 6 nitrogen and oxygen atoms in total. The van der Waals surface area contributed by atoms with Crippen LogP contribution in [-0.2, 0) is 16.0 Å². The highest BCUT2D eigenvalue weighted by Gasteiger charge is 2.47. The number of imide groups is 1. The maximum absolute atomic E-state index is 12.8. The van der Waals surface area contributed by atoms with Crippen LogP contribution in [0.2, 0.25) is 5.02 Å². The van der Waals surface area contributed by atoms with Crippen LogP contribution in [0.1, 0.15) is 18.9 Å². The molecule has 1 fully saturated rings. The van der Waals surface area contributed by atoms with Crippen molar-refractivity contribution in [1.82, 2.24) is 10.2 Å². The molecule has 27 heavy (non-hydrogen) atoms. The van der Waals surface area contributed by atoms with Gasteiger partial charge in [-0.15, -0.1) is 0 Å². The molecule has 3 rings (SSSR count). The number of halogens is 1. The van der Waals surface area contributed by atoms with Gasteiger partial charge in [-0.05, 0) is 37.5 Å². The molecular formula is C20H20ClN3O3. The first-order valence-corrected chi connectivity index (χ1v) is 8.99. The van der Waals surface area contributed by atoms with E-state index in [9.17, 15) is 14.4 Å². The minimum absolute atomic E-state index is 0.364. The van der Waals surface area contributed by atoms with Gasteiger partial charge in [-0.25, -0.2) is 4.79 Å². The van der Waals surface area contributed by atoms with Crippen LogP contribution in [0.3, 0.4) is 0 Å². The smallest absolute Gasteiger partial charge is 0.323 e. The van der Waals surface area contributed by atoms with Gasteiger partial charge >= 0.3 is 6.03 Å². The third kappa shape index (κ3) is 4.28. The van der Waals surface area contributed by atoms with E-state index in [0.717, 1.165) is 10.5 Å². The number of benzene rings is 2. The van der Waals surface area contributed by atoms with Gasteiger partial charge in [-0.2, -0.15) is 0 Å². The first-order chi connectivity index (χ1) is 12.9. The number of anilines is 1. The molecule has 2 aromatic carbocycles. The molecule has 0 saturated carbocycles. The Kier molecular flexibility index (Phi) is 5.46. The lowest BCUT2D eigenvalue weighted by atomic mass is 9.93. The number of hydrogen-bond acceptors (Lipinski definition) is 3. The fourth-order valence-electron chi connectivity index (χ4n) is 3.00. The maximum atomic E-state index is 12.8. The second-order valence-electron chi connectivity index (χ2n) is 6.67. The number of carbonyl (C=O) groups excluding carboxylic acids is 3. The quantitative estimate of drug-likeness (QED) is 0.749. The minimum atomic E-state index is -1.03. The molecule has 4 amide bonds. The zero-order valence-electron chi connectivity index (χ0n) is 14.9. The fourth-order valence-corrected chi connectivity index (χ4v) is 3.18. The summed E-state index contributed by atoms with van der Waals surface area (Å²) in [5.74, 6) is -0.892. The number of aryl methyl sites for hydroxylation is 1. The van der Waals surface area contributed by atoms with Crippen LogP contribution < -0.4 is 10.6 Å². The lowest BCUT2D eigenvalue weighted by Gasteiger charge is -2.21. The summed E-state index contributed by atoms with van der Waals surface area (Å²) in [6.07, 6.45) is 1.09. The summed E-state index contributed by atoms with van der Waals surface area (Å²) < 4.78 is 0. The van der Waals surface area contributed by atoms with Crippen molar-refractivity contribution in [2.45, 2.75) is 25.3 Å². The molecule has 1 heterocycles. The number of rotatable bonds is 6. The normalized spacial score (nSPS) is 19.1. The Morgan fingerprint density at radius 1 is 1.11 bits per heavy atom. The standard InChI is InChI=1S/C20H20ClN3O3/c1-20(12-11-14-7-3-2-4-8-14)18(26)24(19(27)23-20)13-17(25)22-16-10-6-5-9-15(16)21/h2-10H,11-13H2,1H3,(H,22,25)(H,23,27)/t20-/m0/s1. The molecule has 1 aliphatic heterocycles. The van der Waals surface area contributed by atoms with Crippen molar-refractivity contribution in [3.63, 3.8) is 0 Å². The van der Waals surface area contributed by atoms with Crippen molar-refractivity contribution in [1.29, 1.82) is 0 Å². The second-order valence-corrected chi connectivity index (χ2v) is 7.07. The first-order valence-electron chi connectivity index (χ1n) is 8.61. The van der Waals surface area contributed by atoms with Gasteiger partial charge in [-0.1, -0.05) is 54.1 Å². The highest BCUT2D eigenvalue weighted by Crippen LogP contribution is 2.24. The zero-order chi connectivity index (χ0) is 19.4. The Balaban J connectivity index is 1.63. The van der Waals surface area contributed by atoms with E-state index < -0.39 is 23.4 Å². The van der Waals surface area contributed by atoms with Gasteiger partial charge in [0.1, 0.15) is 12.1 Å². The Hall–Kier alpha value is -2.86. The van der Waals surface area contributed by atoms with E-state index in [4.69, 9.17) is 11.6 Å². The molecule has 7 heteroatoms. The van der Waals surface area contributed by atoms with Gasteiger partial charge in [-0.3, -0.25) is 14.5 Å². The zero-order valence-corrected chi connectivity index (χ0v) is 15.6. The van der Waals surface area contributed by atoms with E-state index >= 15 is 0 Å². The highest BCUT2D eigenvalue weighted by molar-refractivity contribution is 6.33. The van der Waals surface area contributed by atoms with E-state index in [1.807, 2.05) is 30.3 Å². The number of hydrogen-bond donors (Lipinski definition) is 2. The Morgan fingerprint density at radius 2 is 1.78 bits per heavy atom. The fraction of sp³-hybridized carbons (Fsp3) is 0.250. The summed E-state index contributed by atoms with van der Waals surface area (Å²) in [5.41, 5.74) is 0.483. The molecule has 0 spiro atoms. The topological polar surface area (TPSA) is 78.5 Å². The van der Waals surface area contributed by atoms with Crippen LogP contribution in [-0.4, -0.2) is 34.8 Å². The predicted octanol–water partition coefficient (Wildman–Crippen LogP) is 3.22. The lowest BCUT2D eigenvalue weighted by Crippen LogP contribution is -2.45. The summed E-state index contributed by atoms with van der Waals surface area (Å²) >= 11 is 6.01. The molecule has 0 bridgehead atoms. The summed E-state index contributed by atoms with van der Waals surface area (Å²) in [6.45, 7) is 1.32. The number of para-hydroxylation sites is 1. The van der Waals surface area contributed by atoms with Crippen LogP contribution in [0.5, 0.6) is 0 Å². The van der Waals surface area contributed by atoms with E-state index in [0.29, 0.717) is 23.6 Å². The monoisotopic (exact) mass is 385 g/mol.